The second-order valence-corrected chi connectivity index (χ2v) is 7.30. The van der Waals surface area contributed by atoms with Gasteiger partial charge in [-0.2, -0.15) is 9.97 Å². The number of nitrogens with two attached hydrogens (primary N) is 1. The Balaban J connectivity index is 1.58. The van der Waals surface area contributed by atoms with Gasteiger partial charge in [-0.1, -0.05) is 30.3 Å². The number of esters is 2. The van der Waals surface area contributed by atoms with Gasteiger partial charge in [-0.25, -0.2) is 4.98 Å². The van der Waals surface area contributed by atoms with Gasteiger partial charge < -0.3 is 24.7 Å². The van der Waals surface area contributed by atoms with E-state index in [1.807, 2.05) is 30.3 Å². The van der Waals surface area contributed by atoms with Crippen LogP contribution in [0.3, 0.4) is 0 Å². The van der Waals surface area contributed by atoms with E-state index in [1.54, 1.807) is 4.57 Å². The molecule has 3 heterocycles. The van der Waals surface area contributed by atoms with Gasteiger partial charge >= 0.3 is 11.9 Å². The first-order valence-electron chi connectivity index (χ1n) is 10.0. The van der Waals surface area contributed by atoms with Crippen molar-refractivity contribution in [2.24, 2.45) is 0 Å². The van der Waals surface area contributed by atoms with Crippen LogP contribution in [0.1, 0.15) is 32.1 Å². The van der Waals surface area contributed by atoms with Gasteiger partial charge in [0.1, 0.15) is 31.6 Å². The van der Waals surface area contributed by atoms with Crippen molar-refractivity contribution in [3.05, 3.63) is 42.2 Å². The van der Waals surface area contributed by atoms with Crippen molar-refractivity contribution < 1.29 is 28.5 Å². The summed E-state index contributed by atoms with van der Waals surface area (Å²) in [5.41, 5.74) is 7.72. The molecule has 0 unspecified atom stereocenters. The molecular weight excluding hydrogens is 418 g/mol. The average molecular weight is 441 g/mol. The normalized spacial score (nSPS) is 20.2. The highest BCUT2D eigenvalue weighted by molar-refractivity contribution is 5.77. The molecular formula is C21H23N5O6. The highest BCUT2D eigenvalue weighted by atomic mass is 16.6. The fourth-order valence-electron chi connectivity index (χ4n) is 3.50. The van der Waals surface area contributed by atoms with Crippen molar-refractivity contribution >= 4 is 29.1 Å². The number of anilines is 1. The van der Waals surface area contributed by atoms with Crippen LogP contribution in [-0.2, 0) is 30.4 Å². The molecule has 1 fully saturated rings. The van der Waals surface area contributed by atoms with E-state index in [1.165, 1.54) is 20.2 Å². The minimum Gasteiger partial charge on any atom is -0.471 e. The van der Waals surface area contributed by atoms with E-state index >= 15 is 0 Å². The van der Waals surface area contributed by atoms with E-state index in [9.17, 15) is 9.59 Å². The van der Waals surface area contributed by atoms with Gasteiger partial charge in [0.15, 0.2) is 11.2 Å². The van der Waals surface area contributed by atoms with Gasteiger partial charge in [-0.05, 0) is 5.56 Å². The average Bonchev–Trinajstić information content (AvgIpc) is 3.34. The molecule has 32 heavy (non-hydrogen) atoms. The predicted molar refractivity (Wildman–Crippen MR) is 111 cm³/mol. The van der Waals surface area contributed by atoms with Gasteiger partial charge in [-0.15, -0.1) is 0 Å². The van der Waals surface area contributed by atoms with Crippen LogP contribution >= 0.6 is 0 Å². The topological polar surface area (TPSA) is 141 Å². The van der Waals surface area contributed by atoms with Gasteiger partial charge in [0.25, 0.3) is 0 Å². The molecule has 2 N–H and O–H groups in total. The molecule has 168 valence electrons. The summed E-state index contributed by atoms with van der Waals surface area (Å²) in [4.78, 5) is 35.6. The Morgan fingerprint density at radius 1 is 1.19 bits per heavy atom. The zero-order chi connectivity index (χ0) is 22.7. The first-order chi connectivity index (χ1) is 15.4. The molecule has 11 nitrogen and oxygen atoms in total. The highest BCUT2D eigenvalue weighted by Crippen LogP contribution is 2.34. The van der Waals surface area contributed by atoms with Crippen molar-refractivity contribution in [1.29, 1.82) is 0 Å². The number of aromatic nitrogens is 4. The fraction of sp³-hybridized carbons (Fsp3) is 0.381. The van der Waals surface area contributed by atoms with Crippen molar-refractivity contribution in [2.75, 3.05) is 12.3 Å². The summed E-state index contributed by atoms with van der Waals surface area (Å²) < 4.78 is 24.0. The maximum absolute atomic E-state index is 11.5. The van der Waals surface area contributed by atoms with E-state index < -0.39 is 30.4 Å². The molecule has 0 aliphatic carbocycles. The highest BCUT2D eigenvalue weighted by Gasteiger charge is 2.40. The first kappa shape index (κ1) is 21.5. The van der Waals surface area contributed by atoms with Gasteiger partial charge in [0, 0.05) is 20.3 Å². The Hall–Kier alpha value is -3.73. The lowest BCUT2D eigenvalue weighted by Crippen LogP contribution is -2.31. The Bertz CT molecular complexity index is 1120. The summed E-state index contributed by atoms with van der Waals surface area (Å²) in [5.74, 6) is -0.632. The molecule has 0 bridgehead atoms. The number of ether oxygens (including phenoxy) is 4. The smallest absolute Gasteiger partial charge is 0.303 e. The minimum atomic E-state index is -0.627. The zero-order valence-electron chi connectivity index (χ0n) is 17.6. The number of fused-ring (bicyclic) bond motifs is 1. The summed E-state index contributed by atoms with van der Waals surface area (Å²) in [6.45, 7) is 2.86. The number of rotatable bonds is 7. The second kappa shape index (κ2) is 9.18. The van der Waals surface area contributed by atoms with Crippen LogP contribution < -0.4 is 10.5 Å². The van der Waals surface area contributed by atoms with Gasteiger partial charge in [0.2, 0.25) is 11.8 Å². The van der Waals surface area contributed by atoms with E-state index in [-0.39, 0.29) is 25.0 Å². The molecule has 1 aromatic carbocycles. The van der Waals surface area contributed by atoms with Crippen LogP contribution in [0, 0.1) is 0 Å². The molecule has 0 spiro atoms. The standard InChI is InChI=1S/C21H23N5O6/c1-12(27)29-10-16-15(31-13(2)28)8-17(32-16)26-11-23-18-19(26)24-21(22)25-20(18)30-9-14-6-4-3-5-7-14/h3-7,11,15-17H,8-10H2,1-2H3,(H2,22,24,25)/t15-,16+,17+/m0/s1. The predicted octanol–water partition coefficient (Wildman–Crippen LogP) is 1.77. The number of nitrogens with zero attached hydrogens (tertiary/aromatic N) is 4. The maximum atomic E-state index is 11.5. The van der Waals surface area contributed by atoms with Crippen molar-refractivity contribution in [1.82, 2.24) is 19.5 Å². The molecule has 0 saturated carbocycles. The van der Waals surface area contributed by atoms with Crippen molar-refractivity contribution in [3.8, 4) is 5.88 Å². The lowest BCUT2D eigenvalue weighted by atomic mass is 10.2. The third-order valence-corrected chi connectivity index (χ3v) is 4.88. The summed E-state index contributed by atoms with van der Waals surface area (Å²) in [7, 11) is 0. The number of carbonyl (C=O) groups excluding carboxylic acids is 2. The minimum absolute atomic E-state index is 0.0216. The summed E-state index contributed by atoms with van der Waals surface area (Å²) in [6.07, 6.45) is 0.0700. The Labute approximate surface area is 183 Å². The number of nitrogen functional groups attached to an aromatic ring is 1. The number of benzene rings is 1. The van der Waals surface area contributed by atoms with Crippen LogP contribution in [0.25, 0.3) is 11.2 Å². The Morgan fingerprint density at radius 2 is 1.97 bits per heavy atom. The first-order valence-corrected chi connectivity index (χ1v) is 10.0. The SMILES string of the molecule is CC(=O)OC[C@H]1O[C@@H](n2cnc3c(OCc4ccccc4)nc(N)nc32)C[C@@H]1OC(C)=O. The molecule has 1 saturated heterocycles. The number of carbonyl (C=O) groups is 2. The molecule has 2 aromatic heterocycles. The molecule has 3 atom stereocenters. The molecule has 11 heteroatoms. The number of hydrogen-bond donors (Lipinski definition) is 1. The van der Waals surface area contributed by atoms with E-state index in [0.717, 1.165) is 5.56 Å². The largest absolute Gasteiger partial charge is 0.471 e. The summed E-state index contributed by atoms with van der Waals surface area (Å²) in [5, 5.41) is 0. The van der Waals surface area contributed by atoms with Crippen LogP contribution in [-0.4, -0.2) is 50.3 Å². The van der Waals surface area contributed by atoms with Crippen molar-refractivity contribution in [2.45, 2.75) is 45.3 Å². The zero-order valence-corrected chi connectivity index (χ0v) is 17.6. The summed E-state index contributed by atoms with van der Waals surface area (Å²) >= 11 is 0. The molecule has 0 amide bonds. The van der Waals surface area contributed by atoms with Crippen LogP contribution in [0.2, 0.25) is 0 Å². The van der Waals surface area contributed by atoms with E-state index in [4.69, 9.17) is 24.7 Å². The molecule has 4 rings (SSSR count). The fourth-order valence-corrected chi connectivity index (χ4v) is 3.50. The quantitative estimate of drug-likeness (QED) is 0.539. The molecule has 3 aromatic rings. The third kappa shape index (κ3) is 4.78. The van der Waals surface area contributed by atoms with Crippen LogP contribution in [0.4, 0.5) is 5.95 Å². The number of hydrogen-bond acceptors (Lipinski definition) is 10. The number of imidazole rings is 1. The molecule has 1 aliphatic heterocycles. The lowest BCUT2D eigenvalue weighted by molar-refractivity contribution is -0.155. The lowest BCUT2D eigenvalue weighted by Gasteiger charge is -2.17. The summed E-state index contributed by atoms with van der Waals surface area (Å²) in [6, 6.07) is 9.63. The van der Waals surface area contributed by atoms with Crippen molar-refractivity contribution in [3.63, 3.8) is 0 Å². The molecule has 0 radical (unpaired) electrons. The van der Waals surface area contributed by atoms with E-state index in [0.29, 0.717) is 17.6 Å². The van der Waals surface area contributed by atoms with Gasteiger partial charge in [-0.3, -0.25) is 14.2 Å². The van der Waals surface area contributed by atoms with E-state index in [2.05, 4.69) is 15.0 Å². The Morgan fingerprint density at radius 3 is 2.69 bits per heavy atom. The van der Waals surface area contributed by atoms with Crippen LogP contribution in [0.15, 0.2) is 36.7 Å². The van der Waals surface area contributed by atoms with Crippen LogP contribution in [0.5, 0.6) is 5.88 Å². The van der Waals surface area contributed by atoms with Gasteiger partial charge in [0.05, 0.1) is 6.33 Å². The third-order valence-electron chi connectivity index (χ3n) is 4.88. The maximum Gasteiger partial charge on any atom is 0.303 e. The molecule has 1 aliphatic rings. The second-order valence-electron chi connectivity index (χ2n) is 7.30. The monoisotopic (exact) mass is 441 g/mol. The Kier molecular flexibility index (Phi) is 6.17.